The number of pyridine rings is 1. The van der Waals surface area contributed by atoms with Gasteiger partial charge in [-0.3, -0.25) is 4.98 Å². The van der Waals surface area contributed by atoms with Crippen molar-refractivity contribution < 1.29 is 27.4 Å². The highest BCUT2D eigenvalue weighted by Crippen LogP contribution is 2.36. The molecule has 10 nitrogen and oxygen atoms in total. The highest BCUT2D eigenvalue weighted by atomic mass is 32.2. The number of anilines is 1. The van der Waals surface area contributed by atoms with Crippen LogP contribution in [0.1, 0.15) is 32.6 Å². The molecular weight excluding hydrogens is 436 g/mol. The van der Waals surface area contributed by atoms with Gasteiger partial charge in [0, 0.05) is 42.5 Å². The van der Waals surface area contributed by atoms with Crippen LogP contribution in [0.3, 0.4) is 0 Å². The number of carbonyl (C=O) groups is 1. The van der Waals surface area contributed by atoms with Crippen LogP contribution < -0.4 is 23.8 Å². The lowest BCUT2D eigenvalue weighted by molar-refractivity contribution is 0.150. The van der Waals surface area contributed by atoms with Gasteiger partial charge < -0.3 is 19.1 Å². The van der Waals surface area contributed by atoms with Crippen molar-refractivity contribution in [3.8, 4) is 11.5 Å². The highest BCUT2D eigenvalue weighted by Gasteiger charge is 2.26. The summed E-state index contributed by atoms with van der Waals surface area (Å²) in [5, 5.41) is 0.931. The Kier molecular flexibility index (Phi) is 7.97. The van der Waals surface area contributed by atoms with Crippen molar-refractivity contribution in [2.45, 2.75) is 38.6 Å². The molecule has 1 fully saturated rings. The van der Waals surface area contributed by atoms with Crippen LogP contribution >= 0.6 is 0 Å². The number of fused-ring (bicyclic) bond motifs is 1. The Morgan fingerprint density at radius 2 is 1.88 bits per heavy atom. The number of rotatable bonds is 9. The van der Waals surface area contributed by atoms with Gasteiger partial charge in [0.1, 0.15) is 0 Å². The summed E-state index contributed by atoms with van der Waals surface area (Å²) >= 11 is 0. The first-order chi connectivity index (χ1) is 15.4. The maximum Gasteiger partial charge on any atom is 0.421 e. The molecule has 0 bridgehead atoms. The third-order valence-corrected chi connectivity index (χ3v) is 6.41. The van der Waals surface area contributed by atoms with Gasteiger partial charge in [-0.05, 0) is 31.4 Å². The molecule has 0 aliphatic carbocycles. The summed E-state index contributed by atoms with van der Waals surface area (Å²) in [4.78, 5) is 18.3. The Balaban J connectivity index is 1.63. The fourth-order valence-corrected chi connectivity index (χ4v) is 4.68. The van der Waals surface area contributed by atoms with E-state index in [9.17, 15) is 13.2 Å². The minimum atomic E-state index is -3.98. The van der Waals surface area contributed by atoms with Crippen molar-refractivity contribution >= 4 is 32.9 Å². The van der Waals surface area contributed by atoms with E-state index in [0.29, 0.717) is 43.9 Å². The zero-order valence-electron chi connectivity index (χ0n) is 18.6. The number of benzene rings is 1. The molecule has 0 spiro atoms. The molecule has 1 aromatic heterocycles. The molecule has 1 aliphatic rings. The van der Waals surface area contributed by atoms with Crippen LogP contribution in [0.5, 0.6) is 11.5 Å². The zero-order valence-corrected chi connectivity index (χ0v) is 19.4. The summed E-state index contributed by atoms with van der Waals surface area (Å²) in [6.07, 6.45) is 3.49. The second-order valence-electron chi connectivity index (χ2n) is 7.53. The molecule has 2 N–H and O–H groups in total. The second kappa shape index (κ2) is 10.7. The number of carbonyl (C=O) groups excluding carboxylic acids is 1. The molecule has 0 atom stereocenters. The van der Waals surface area contributed by atoms with Crippen molar-refractivity contribution in [1.29, 1.82) is 0 Å². The maximum absolute atomic E-state index is 12.2. The van der Waals surface area contributed by atoms with Gasteiger partial charge in [-0.2, -0.15) is 13.1 Å². The predicted molar refractivity (Wildman–Crippen MR) is 122 cm³/mol. The number of aromatic nitrogens is 1. The molecule has 2 heterocycles. The first-order valence-corrected chi connectivity index (χ1v) is 12.1. The number of amides is 1. The van der Waals surface area contributed by atoms with E-state index in [2.05, 4.69) is 14.6 Å². The number of ether oxygens (including phenoxy) is 3. The molecule has 176 valence electrons. The summed E-state index contributed by atoms with van der Waals surface area (Å²) < 4.78 is 44.6. The first kappa shape index (κ1) is 23.9. The number of piperidine rings is 1. The van der Waals surface area contributed by atoms with Gasteiger partial charge in [0.15, 0.2) is 11.5 Å². The molecule has 1 amide bonds. The lowest BCUT2D eigenvalue weighted by Crippen LogP contribution is -2.49. The Hall–Kier alpha value is -2.79. The third kappa shape index (κ3) is 5.92. The van der Waals surface area contributed by atoms with E-state index in [1.54, 1.807) is 20.4 Å². The summed E-state index contributed by atoms with van der Waals surface area (Å²) in [5.74, 6) is 1.23. The van der Waals surface area contributed by atoms with Crippen molar-refractivity contribution in [3.63, 3.8) is 0 Å². The van der Waals surface area contributed by atoms with E-state index in [1.165, 1.54) is 0 Å². The Morgan fingerprint density at radius 1 is 1.19 bits per heavy atom. The van der Waals surface area contributed by atoms with E-state index in [4.69, 9.17) is 14.2 Å². The van der Waals surface area contributed by atoms with Crippen molar-refractivity contribution in [1.82, 2.24) is 14.4 Å². The van der Waals surface area contributed by atoms with Gasteiger partial charge in [0.05, 0.1) is 26.3 Å². The topological polar surface area (TPSA) is 119 Å². The van der Waals surface area contributed by atoms with Gasteiger partial charge >= 0.3 is 16.3 Å². The number of nitrogens with one attached hydrogen (secondary N) is 2. The normalized spacial score (nSPS) is 14.9. The Bertz CT molecular complexity index is 1040. The summed E-state index contributed by atoms with van der Waals surface area (Å²) in [6.45, 7) is 3.42. The molecule has 1 saturated heterocycles. The summed E-state index contributed by atoms with van der Waals surface area (Å²) in [7, 11) is -0.814. The standard InChI is InChI=1S/C21H30N4O6S/c1-4-5-12-31-21(26)24-32(27,28)23-15-7-10-25(11-8-15)18-6-9-22-17-14-20(30-3)19(29-2)13-16(17)18/h6,9,13-15,23H,4-5,7-8,10-12H2,1-3H3,(H,24,26). The number of nitrogens with zero attached hydrogens (tertiary/aromatic N) is 2. The molecule has 0 unspecified atom stereocenters. The fraction of sp³-hybridized carbons (Fsp3) is 0.524. The van der Waals surface area contributed by atoms with Crippen molar-refractivity contribution in [3.05, 3.63) is 24.4 Å². The van der Waals surface area contributed by atoms with E-state index >= 15 is 0 Å². The van der Waals surface area contributed by atoms with Crippen LogP contribution in [0.2, 0.25) is 0 Å². The number of unbranched alkanes of at least 4 members (excludes halogenated alkanes) is 1. The summed E-state index contributed by atoms with van der Waals surface area (Å²) in [5.41, 5.74) is 1.78. The van der Waals surface area contributed by atoms with Gasteiger partial charge in [0.2, 0.25) is 0 Å². The SMILES string of the molecule is CCCCOC(=O)NS(=O)(=O)NC1CCN(c2ccnc3cc(OC)c(OC)cc23)CC1. The lowest BCUT2D eigenvalue weighted by atomic mass is 10.0. The van der Waals surface area contributed by atoms with Gasteiger partial charge in [0.25, 0.3) is 0 Å². The number of hydrogen-bond donors (Lipinski definition) is 2. The Morgan fingerprint density at radius 3 is 2.53 bits per heavy atom. The molecule has 0 radical (unpaired) electrons. The predicted octanol–water partition coefficient (Wildman–Crippen LogP) is 2.58. The highest BCUT2D eigenvalue weighted by molar-refractivity contribution is 7.88. The van der Waals surface area contributed by atoms with Gasteiger partial charge in [-0.1, -0.05) is 13.3 Å². The van der Waals surface area contributed by atoms with E-state index in [0.717, 1.165) is 23.0 Å². The molecule has 3 rings (SSSR count). The number of hydrogen-bond acceptors (Lipinski definition) is 8. The van der Waals surface area contributed by atoms with E-state index in [-0.39, 0.29) is 12.6 Å². The third-order valence-electron chi connectivity index (χ3n) is 5.33. The van der Waals surface area contributed by atoms with E-state index < -0.39 is 16.3 Å². The minimum absolute atomic E-state index is 0.187. The van der Waals surface area contributed by atoms with Crippen LogP contribution in [0.15, 0.2) is 24.4 Å². The molecule has 1 aliphatic heterocycles. The van der Waals surface area contributed by atoms with Crippen molar-refractivity contribution in [2.24, 2.45) is 0 Å². The zero-order chi connectivity index (χ0) is 23.1. The van der Waals surface area contributed by atoms with Crippen LogP contribution in [-0.2, 0) is 14.9 Å². The lowest BCUT2D eigenvalue weighted by Gasteiger charge is -2.34. The largest absolute Gasteiger partial charge is 0.493 e. The van der Waals surface area contributed by atoms with Crippen LogP contribution in [0.25, 0.3) is 10.9 Å². The Labute approximate surface area is 188 Å². The summed E-state index contributed by atoms with van der Waals surface area (Å²) in [6, 6.07) is 5.39. The monoisotopic (exact) mass is 466 g/mol. The fourth-order valence-electron chi connectivity index (χ4n) is 3.67. The van der Waals surface area contributed by atoms with Gasteiger partial charge in [-0.15, -0.1) is 0 Å². The average Bonchev–Trinajstić information content (AvgIpc) is 2.77. The molecule has 11 heteroatoms. The number of methoxy groups -OCH3 is 2. The molecule has 32 heavy (non-hydrogen) atoms. The second-order valence-corrected chi connectivity index (χ2v) is 8.98. The van der Waals surface area contributed by atoms with Crippen LogP contribution in [0, 0.1) is 0 Å². The average molecular weight is 467 g/mol. The molecular formula is C21H30N4O6S. The molecule has 1 aromatic carbocycles. The van der Waals surface area contributed by atoms with E-state index in [1.807, 2.05) is 29.8 Å². The van der Waals surface area contributed by atoms with Gasteiger partial charge in [-0.25, -0.2) is 9.52 Å². The van der Waals surface area contributed by atoms with Crippen molar-refractivity contribution in [2.75, 3.05) is 38.8 Å². The van der Waals surface area contributed by atoms with Crippen LogP contribution in [0.4, 0.5) is 10.5 Å². The molecule has 0 saturated carbocycles. The molecule has 2 aromatic rings. The quantitative estimate of drug-likeness (QED) is 0.541. The smallest absolute Gasteiger partial charge is 0.421 e. The first-order valence-electron chi connectivity index (χ1n) is 10.6. The maximum atomic E-state index is 12.2. The van der Waals surface area contributed by atoms with Crippen LogP contribution in [-0.4, -0.2) is 59.5 Å². The minimum Gasteiger partial charge on any atom is -0.493 e.